The SMILES string of the molecule is CC(C)[Si](C(C)C)(C(C)C)n1ccc2c(N3CC(C)(C)NC4CCCCC43)ccnc21. The third kappa shape index (κ3) is 3.66. The summed E-state index contributed by atoms with van der Waals surface area (Å²) in [6.07, 6.45) is 9.75. The van der Waals surface area contributed by atoms with E-state index in [1.807, 2.05) is 0 Å². The van der Waals surface area contributed by atoms with E-state index in [1.54, 1.807) is 0 Å². The number of nitrogens with zero attached hydrogens (tertiary/aromatic N) is 3. The molecule has 2 atom stereocenters. The average molecular weight is 441 g/mol. The summed E-state index contributed by atoms with van der Waals surface area (Å²) in [7, 11) is -1.83. The van der Waals surface area contributed by atoms with Gasteiger partial charge in [-0.2, -0.15) is 0 Å². The molecule has 31 heavy (non-hydrogen) atoms. The predicted molar refractivity (Wildman–Crippen MR) is 137 cm³/mol. The van der Waals surface area contributed by atoms with Crippen molar-refractivity contribution in [2.24, 2.45) is 0 Å². The molecule has 0 radical (unpaired) electrons. The molecule has 0 spiro atoms. The molecule has 1 aliphatic carbocycles. The molecule has 1 saturated heterocycles. The third-order valence-electron chi connectivity index (χ3n) is 8.34. The Hall–Kier alpha value is -1.33. The topological polar surface area (TPSA) is 33.1 Å². The smallest absolute Gasteiger partial charge is 0.171 e. The summed E-state index contributed by atoms with van der Waals surface area (Å²) in [5.41, 5.74) is 4.72. The van der Waals surface area contributed by atoms with Crippen LogP contribution in [0, 0.1) is 0 Å². The van der Waals surface area contributed by atoms with E-state index in [4.69, 9.17) is 4.98 Å². The fraction of sp³-hybridized carbons (Fsp3) is 0.731. The van der Waals surface area contributed by atoms with Crippen LogP contribution >= 0.6 is 0 Å². The quantitative estimate of drug-likeness (QED) is 0.534. The second-order valence-corrected chi connectivity index (χ2v) is 17.4. The fourth-order valence-electron chi connectivity index (χ4n) is 7.43. The summed E-state index contributed by atoms with van der Waals surface area (Å²) in [4.78, 5) is 7.74. The number of anilines is 1. The van der Waals surface area contributed by atoms with Crippen LogP contribution in [0.4, 0.5) is 5.69 Å². The molecule has 1 saturated carbocycles. The lowest BCUT2D eigenvalue weighted by Crippen LogP contribution is -2.67. The van der Waals surface area contributed by atoms with Gasteiger partial charge in [-0.05, 0) is 61.6 Å². The van der Waals surface area contributed by atoms with Gasteiger partial charge < -0.3 is 14.4 Å². The Labute approximate surface area is 190 Å². The Kier molecular flexibility index (Phi) is 6.06. The second-order valence-electron chi connectivity index (χ2n) is 11.7. The molecule has 2 unspecified atom stereocenters. The van der Waals surface area contributed by atoms with E-state index in [-0.39, 0.29) is 5.54 Å². The van der Waals surface area contributed by atoms with Gasteiger partial charge >= 0.3 is 0 Å². The van der Waals surface area contributed by atoms with Gasteiger partial charge in [-0.1, -0.05) is 54.4 Å². The molecular weight excluding hydrogens is 396 g/mol. The zero-order valence-corrected chi connectivity index (χ0v) is 22.1. The Balaban J connectivity index is 1.86. The molecule has 1 N–H and O–H groups in total. The van der Waals surface area contributed by atoms with Gasteiger partial charge in [-0.25, -0.2) is 4.98 Å². The summed E-state index contributed by atoms with van der Waals surface area (Å²) in [6.45, 7) is 20.4. The van der Waals surface area contributed by atoms with Crippen LogP contribution in [0.15, 0.2) is 24.5 Å². The first-order valence-electron chi connectivity index (χ1n) is 12.6. The Morgan fingerprint density at radius 2 is 1.65 bits per heavy atom. The zero-order valence-electron chi connectivity index (χ0n) is 21.1. The van der Waals surface area contributed by atoms with Crippen molar-refractivity contribution in [1.29, 1.82) is 0 Å². The largest absolute Gasteiger partial charge is 0.365 e. The molecular formula is C26H44N4Si. The molecule has 0 amide bonds. The number of hydrogen-bond acceptors (Lipinski definition) is 3. The number of hydrogen-bond donors (Lipinski definition) is 1. The Morgan fingerprint density at radius 3 is 2.29 bits per heavy atom. The van der Waals surface area contributed by atoms with Crippen LogP contribution in [0.25, 0.3) is 11.0 Å². The van der Waals surface area contributed by atoms with Crippen LogP contribution in [0.5, 0.6) is 0 Å². The van der Waals surface area contributed by atoms with E-state index in [1.165, 1.54) is 42.4 Å². The first-order chi connectivity index (χ1) is 14.6. The molecule has 2 aromatic rings. The van der Waals surface area contributed by atoms with Crippen molar-refractivity contribution in [2.45, 2.75) is 115 Å². The van der Waals surface area contributed by atoms with Crippen molar-refractivity contribution in [3.8, 4) is 0 Å². The lowest BCUT2D eigenvalue weighted by atomic mass is 9.83. The predicted octanol–water partition coefficient (Wildman–Crippen LogP) is 6.56. The minimum Gasteiger partial charge on any atom is -0.365 e. The molecule has 4 rings (SSSR count). The van der Waals surface area contributed by atoms with Crippen molar-refractivity contribution in [3.05, 3.63) is 24.5 Å². The van der Waals surface area contributed by atoms with Gasteiger partial charge in [0.1, 0.15) is 5.65 Å². The van der Waals surface area contributed by atoms with Crippen LogP contribution in [0.2, 0.25) is 16.6 Å². The normalized spacial score (nSPS) is 24.4. The van der Waals surface area contributed by atoms with E-state index in [0.29, 0.717) is 28.7 Å². The van der Waals surface area contributed by atoms with Crippen LogP contribution in [-0.2, 0) is 0 Å². The van der Waals surface area contributed by atoms with E-state index >= 15 is 0 Å². The van der Waals surface area contributed by atoms with Crippen LogP contribution in [0.3, 0.4) is 0 Å². The van der Waals surface area contributed by atoms with Gasteiger partial charge in [0.2, 0.25) is 0 Å². The van der Waals surface area contributed by atoms with E-state index in [2.05, 4.69) is 94.4 Å². The summed E-state index contributed by atoms with van der Waals surface area (Å²) in [5, 5.41) is 5.31. The first-order valence-corrected chi connectivity index (χ1v) is 14.8. The van der Waals surface area contributed by atoms with Gasteiger partial charge in [0, 0.05) is 41.4 Å². The molecule has 3 heterocycles. The maximum atomic E-state index is 5.01. The average Bonchev–Trinajstić information content (AvgIpc) is 3.10. The molecule has 2 fully saturated rings. The van der Waals surface area contributed by atoms with Crippen LogP contribution in [0.1, 0.15) is 81.1 Å². The molecule has 4 nitrogen and oxygen atoms in total. The van der Waals surface area contributed by atoms with Crippen LogP contribution in [-0.4, -0.2) is 41.6 Å². The van der Waals surface area contributed by atoms with Crippen molar-refractivity contribution >= 4 is 25.0 Å². The van der Waals surface area contributed by atoms with Gasteiger partial charge in [-0.15, -0.1) is 0 Å². The van der Waals surface area contributed by atoms with Gasteiger partial charge in [0.25, 0.3) is 0 Å². The second kappa shape index (κ2) is 8.22. The highest BCUT2D eigenvalue weighted by atomic mass is 28.3. The number of fused-ring (bicyclic) bond motifs is 2. The molecule has 1 aliphatic heterocycles. The van der Waals surface area contributed by atoms with Crippen molar-refractivity contribution in [3.63, 3.8) is 0 Å². The van der Waals surface area contributed by atoms with Crippen molar-refractivity contribution in [2.75, 3.05) is 11.4 Å². The summed E-state index contributed by atoms with van der Waals surface area (Å²) in [5.74, 6) is 0. The highest BCUT2D eigenvalue weighted by molar-refractivity contribution is 6.82. The summed E-state index contributed by atoms with van der Waals surface area (Å²) in [6, 6.07) is 5.85. The minimum absolute atomic E-state index is 0.128. The monoisotopic (exact) mass is 440 g/mol. The van der Waals surface area contributed by atoms with Gasteiger partial charge in [0.15, 0.2) is 8.24 Å². The lowest BCUT2D eigenvalue weighted by molar-refractivity contribution is 0.199. The van der Waals surface area contributed by atoms with E-state index in [0.717, 1.165) is 6.54 Å². The Bertz CT molecular complexity index is 891. The molecule has 0 aromatic carbocycles. The molecule has 2 aromatic heterocycles. The van der Waals surface area contributed by atoms with Gasteiger partial charge in [-0.3, -0.25) is 0 Å². The third-order valence-corrected chi connectivity index (χ3v) is 15.1. The molecule has 0 bridgehead atoms. The van der Waals surface area contributed by atoms with Crippen molar-refractivity contribution < 1.29 is 0 Å². The highest BCUT2D eigenvalue weighted by Gasteiger charge is 2.46. The Morgan fingerprint density at radius 1 is 1.00 bits per heavy atom. The number of nitrogens with one attached hydrogen (secondary N) is 1. The van der Waals surface area contributed by atoms with E-state index < -0.39 is 8.24 Å². The standard InChI is InChI=1S/C26H44N4Si/c1-18(2)31(19(3)4,20(5)6)30-16-14-21-23(13-15-27-25(21)30)29-17-26(7,8)28-22-11-9-10-12-24(22)29/h13-16,18-20,22,24,28H,9-12,17H2,1-8H3. The van der Waals surface area contributed by atoms with E-state index in [9.17, 15) is 0 Å². The maximum Gasteiger partial charge on any atom is 0.171 e. The van der Waals surface area contributed by atoms with Crippen LogP contribution < -0.4 is 10.2 Å². The summed E-state index contributed by atoms with van der Waals surface area (Å²) >= 11 is 0. The fourth-order valence-corrected chi connectivity index (χ4v) is 14.0. The number of pyridine rings is 1. The summed E-state index contributed by atoms with van der Waals surface area (Å²) < 4.78 is 2.66. The number of piperazine rings is 1. The first kappa shape index (κ1) is 22.8. The lowest BCUT2D eigenvalue weighted by Gasteiger charge is -2.52. The minimum atomic E-state index is -1.83. The number of rotatable bonds is 5. The molecule has 5 heteroatoms. The van der Waals surface area contributed by atoms with Crippen molar-refractivity contribution in [1.82, 2.24) is 14.5 Å². The maximum absolute atomic E-state index is 5.01. The molecule has 2 aliphatic rings. The number of aromatic nitrogens is 2. The molecule has 172 valence electrons. The van der Waals surface area contributed by atoms with Gasteiger partial charge in [0.05, 0.1) is 0 Å². The highest BCUT2D eigenvalue weighted by Crippen LogP contribution is 2.45. The zero-order chi connectivity index (χ0) is 22.6.